The minimum Gasteiger partial charge on any atom is -0.288 e. The van der Waals surface area contributed by atoms with Crippen LogP contribution < -0.4 is 0 Å². The topological polar surface area (TPSA) is 63.7 Å². The van der Waals surface area contributed by atoms with Gasteiger partial charge in [-0.05, 0) is 12.1 Å². The van der Waals surface area contributed by atoms with Crippen molar-refractivity contribution in [1.82, 2.24) is 5.06 Å². The van der Waals surface area contributed by atoms with Crippen LogP contribution in [0.4, 0.5) is 0 Å². The molecule has 0 spiro atoms. The lowest BCUT2D eigenvalue weighted by atomic mass is 10.1. The average Bonchev–Trinajstić information content (AvgIpc) is 2.59. The van der Waals surface area contributed by atoms with Gasteiger partial charge in [0.2, 0.25) is 0 Å². The molecule has 0 radical (unpaired) electrons. The predicted molar refractivity (Wildman–Crippen MR) is 66.0 cm³/mol. The number of thioether (sulfide) groups is 1. The third kappa shape index (κ3) is 2.44. The van der Waals surface area contributed by atoms with Gasteiger partial charge in [0.25, 0.3) is 11.8 Å². The number of carbonyl (C=O) groups is 3. The number of nitrogens with zero attached hydrogens (tertiary/aromatic N) is 1. The van der Waals surface area contributed by atoms with Gasteiger partial charge in [0, 0.05) is 12.7 Å². The number of imide groups is 1. The van der Waals surface area contributed by atoms with Crippen molar-refractivity contribution in [3.8, 4) is 0 Å². The molecule has 0 saturated heterocycles. The Kier molecular flexibility index (Phi) is 3.78. The van der Waals surface area contributed by atoms with Crippen LogP contribution in [-0.4, -0.2) is 34.4 Å². The number of benzene rings is 1. The first-order valence-corrected chi connectivity index (χ1v) is 6.34. The SMILES string of the molecule is CC(=O)SCCON1C(=O)c2ccccc2C1=O. The molecule has 0 fully saturated rings. The first-order valence-electron chi connectivity index (χ1n) is 5.35. The summed E-state index contributed by atoms with van der Waals surface area (Å²) in [6.07, 6.45) is 0. The summed E-state index contributed by atoms with van der Waals surface area (Å²) in [5.41, 5.74) is 0.698. The van der Waals surface area contributed by atoms with Crippen molar-refractivity contribution in [2.24, 2.45) is 0 Å². The molecule has 2 amide bonds. The second-order valence-electron chi connectivity index (χ2n) is 3.62. The van der Waals surface area contributed by atoms with Gasteiger partial charge in [-0.2, -0.15) is 0 Å². The highest BCUT2D eigenvalue weighted by Crippen LogP contribution is 2.22. The van der Waals surface area contributed by atoms with E-state index in [4.69, 9.17) is 4.84 Å². The van der Waals surface area contributed by atoms with Crippen molar-refractivity contribution in [2.45, 2.75) is 6.92 Å². The lowest BCUT2D eigenvalue weighted by Crippen LogP contribution is -2.30. The third-order valence-electron chi connectivity index (χ3n) is 2.37. The fourth-order valence-electron chi connectivity index (χ4n) is 1.60. The molecule has 0 atom stereocenters. The molecule has 0 aliphatic carbocycles. The van der Waals surface area contributed by atoms with Gasteiger partial charge in [-0.3, -0.25) is 19.2 Å². The Morgan fingerprint density at radius 1 is 1.22 bits per heavy atom. The molecule has 1 aromatic carbocycles. The maximum atomic E-state index is 11.8. The van der Waals surface area contributed by atoms with Crippen molar-refractivity contribution in [3.63, 3.8) is 0 Å². The average molecular weight is 265 g/mol. The summed E-state index contributed by atoms with van der Waals surface area (Å²) < 4.78 is 0. The van der Waals surface area contributed by atoms with Crippen LogP contribution in [0.3, 0.4) is 0 Å². The summed E-state index contributed by atoms with van der Waals surface area (Å²) in [5.74, 6) is -0.505. The van der Waals surface area contributed by atoms with Gasteiger partial charge in [-0.15, -0.1) is 5.06 Å². The molecule has 0 N–H and O–H groups in total. The molecule has 18 heavy (non-hydrogen) atoms. The summed E-state index contributed by atoms with van der Waals surface area (Å²) in [6.45, 7) is 1.59. The van der Waals surface area contributed by atoms with Crippen LogP contribution in [0.5, 0.6) is 0 Å². The molecule has 5 nitrogen and oxygen atoms in total. The number of amides is 2. The molecule has 0 aromatic heterocycles. The van der Waals surface area contributed by atoms with Crippen LogP contribution >= 0.6 is 11.8 Å². The van der Waals surface area contributed by atoms with E-state index in [9.17, 15) is 14.4 Å². The van der Waals surface area contributed by atoms with Crippen molar-refractivity contribution in [3.05, 3.63) is 35.4 Å². The largest absolute Gasteiger partial charge is 0.288 e. The van der Waals surface area contributed by atoms with E-state index in [-0.39, 0.29) is 11.7 Å². The molecule has 1 heterocycles. The first-order chi connectivity index (χ1) is 8.61. The summed E-state index contributed by atoms with van der Waals surface area (Å²) in [7, 11) is 0. The Labute approximate surface area is 108 Å². The molecule has 1 aliphatic rings. The van der Waals surface area contributed by atoms with E-state index in [1.54, 1.807) is 24.3 Å². The fraction of sp³-hybridized carbons (Fsp3) is 0.250. The van der Waals surface area contributed by atoms with Crippen LogP contribution in [0.2, 0.25) is 0 Å². The highest BCUT2D eigenvalue weighted by atomic mass is 32.2. The summed E-state index contributed by atoms with van der Waals surface area (Å²) in [4.78, 5) is 39.5. The minimum atomic E-state index is -0.455. The Morgan fingerprint density at radius 2 is 1.78 bits per heavy atom. The van der Waals surface area contributed by atoms with Crippen LogP contribution in [0.1, 0.15) is 27.6 Å². The molecule has 1 aromatic rings. The van der Waals surface area contributed by atoms with E-state index in [2.05, 4.69) is 0 Å². The van der Waals surface area contributed by atoms with Gasteiger partial charge in [0.1, 0.15) is 0 Å². The number of rotatable bonds is 4. The molecule has 0 bridgehead atoms. The van der Waals surface area contributed by atoms with Crippen molar-refractivity contribution < 1.29 is 19.2 Å². The number of hydroxylamine groups is 2. The van der Waals surface area contributed by atoms with Gasteiger partial charge in [-0.25, -0.2) is 0 Å². The zero-order chi connectivity index (χ0) is 13.1. The van der Waals surface area contributed by atoms with Gasteiger partial charge in [-0.1, -0.05) is 23.9 Å². The lowest BCUT2D eigenvalue weighted by molar-refractivity contribution is -0.109. The standard InChI is InChI=1S/C12H11NO4S/c1-8(14)18-7-6-17-13-11(15)9-4-2-3-5-10(9)12(13)16/h2-5H,6-7H2,1H3. The smallest absolute Gasteiger partial charge is 0.285 e. The summed E-state index contributed by atoms with van der Waals surface area (Å²) in [5, 5.41) is 0.728. The molecule has 0 saturated carbocycles. The fourth-order valence-corrected chi connectivity index (χ4v) is 2.04. The monoisotopic (exact) mass is 265 g/mol. The van der Waals surface area contributed by atoms with E-state index in [1.807, 2.05) is 0 Å². The lowest BCUT2D eigenvalue weighted by Gasteiger charge is -2.12. The van der Waals surface area contributed by atoms with Gasteiger partial charge >= 0.3 is 0 Å². The second-order valence-corrected chi connectivity index (χ2v) is 4.90. The van der Waals surface area contributed by atoms with Crippen LogP contribution in [-0.2, 0) is 9.63 Å². The molecular formula is C12H11NO4S. The zero-order valence-electron chi connectivity index (χ0n) is 9.71. The Morgan fingerprint density at radius 3 is 2.28 bits per heavy atom. The number of hydrogen-bond donors (Lipinski definition) is 0. The Bertz CT molecular complexity index is 480. The number of carbonyl (C=O) groups excluding carboxylic acids is 3. The van der Waals surface area contributed by atoms with Gasteiger partial charge in [0.05, 0.1) is 17.7 Å². The molecular weight excluding hydrogens is 254 g/mol. The van der Waals surface area contributed by atoms with Crippen molar-refractivity contribution in [2.75, 3.05) is 12.4 Å². The quantitative estimate of drug-likeness (QED) is 0.609. The normalized spacial score (nSPS) is 13.9. The van der Waals surface area contributed by atoms with Gasteiger partial charge in [0.15, 0.2) is 5.12 Å². The van der Waals surface area contributed by atoms with Crippen LogP contribution in [0, 0.1) is 0 Å². The minimum absolute atomic E-state index is 0.0269. The molecule has 0 unspecified atom stereocenters. The number of fused-ring (bicyclic) bond motifs is 1. The summed E-state index contributed by atoms with van der Waals surface area (Å²) >= 11 is 1.09. The molecule has 94 valence electrons. The second kappa shape index (κ2) is 5.32. The number of hydrogen-bond acceptors (Lipinski definition) is 5. The van der Waals surface area contributed by atoms with Crippen LogP contribution in [0.25, 0.3) is 0 Å². The van der Waals surface area contributed by atoms with E-state index in [0.717, 1.165) is 16.8 Å². The first kappa shape index (κ1) is 12.8. The molecule has 6 heteroatoms. The molecule has 1 aliphatic heterocycles. The third-order valence-corrected chi connectivity index (χ3v) is 3.14. The van der Waals surface area contributed by atoms with Crippen molar-refractivity contribution >= 4 is 28.7 Å². The van der Waals surface area contributed by atoms with E-state index in [1.165, 1.54) is 6.92 Å². The highest BCUT2D eigenvalue weighted by Gasteiger charge is 2.36. The highest BCUT2D eigenvalue weighted by molar-refractivity contribution is 8.13. The van der Waals surface area contributed by atoms with E-state index < -0.39 is 11.8 Å². The maximum Gasteiger partial charge on any atom is 0.285 e. The Balaban J connectivity index is 1.99. The van der Waals surface area contributed by atoms with Gasteiger partial charge < -0.3 is 0 Å². The predicted octanol–water partition coefficient (Wildman–Crippen LogP) is 1.49. The maximum absolute atomic E-state index is 11.8. The van der Waals surface area contributed by atoms with Crippen molar-refractivity contribution in [1.29, 1.82) is 0 Å². The van der Waals surface area contributed by atoms with Crippen LogP contribution in [0.15, 0.2) is 24.3 Å². The Hall–Kier alpha value is -1.66. The summed E-state index contributed by atoms with van der Waals surface area (Å²) in [6, 6.07) is 6.56. The van der Waals surface area contributed by atoms with E-state index in [0.29, 0.717) is 16.9 Å². The van der Waals surface area contributed by atoms with E-state index >= 15 is 0 Å². The zero-order valence-corrected chi connectivity index (χ0v) is 10.5. The molecule has 2 rings (SSSR count).